The summed E-state index contributed by atoms with van der Waals surface area (Å²) in [6.45, 7) is -0.290. The van der Waals surface area contributed by atoms with Crippen LogP contribution in [0.1, 0.15) is 6.42 Å². The molecule has 0 saturated carbocycles. The minimum atomic E-state index is -3.13. The molecule has 1 unspecified atom stereocenters. The van der Waals surface area contributed by atoms with Gasteiger partial charge < -0.3 is 15.3 Å². The maximum absolute atomic E-state index is 11.9. The summed E-state index contributed by atoms with van der Waals surface area (Å²) in [4.78, 5) is 23.5. The van der Waals surface area contributed by atoms with Crippen molar-refractivity contribution in [2.75, 3.05) is 31.1 Å². The van der Waals surface area contributed by atoms with E-state index in [0.29, 0.717) is 6.54 Å². The highest BCUT2D eigenvalue weighted by atomic mass is 32.2. The predicted molar refractivity (Wildman–Crippen MR) is 68.1 cm³/mol. The number of terminal acetylenes is 1. The lowest BCUT2D eigenvalue weighted by atomic mass is 10.2. The van der Waals surface area contributed by atoms with Crippen LogP contribution in [0.25, 0.3) is 0 Å². The van der Waals surface area contributed by atoms with Gasteiger partial charge in [-0.25, -0.2) is 8.42 Å². The van der Waals surface area contributed by atoms with E-state index in [-0.39, 0.29) is 24.5 Å². The van der Waals surface area contributed by atoms with Gasteiger partial charge in [-0.1, -0.05) is 5.92 Å². The first-order chi connectivity index (χ1) is 8.84. The van der Waals surface area contributed by atoms with Gasteiger partial charge in [-0.2, -0.15) is 0 Å². The van der Waals surface area contributed by atoms with Crippen molar-refractivity contribution in [3.8, 4) is 12.3 Å². The number of carbonyl (C=O) groups excluding carboxylic acids is 1. The van der Waals surface area contributed by atoms with Gasteiger partial charge in [0.1, 0.15) is 6.54 Å². The van der Waals surface area contributed by atoms with Gasteiger partial charge in [-0.15, -0.1) is 6.42 Å². The number of carbonyl (C=O) groups is 2. The number of carboxylic acids is 1. The van der Waals surface area contributed by atoms with Gasteiger partial charge in [-0.05, 0) is 0 Å². The van der Waals surface area contributed by atoms with Gasteiger partial charge in [0.05, 0.1) is 18.1 Å². The molecule has 0 aromatic rings. The molecule has 0 aliphatic carbocycles. The Morgan fingerprint density at radius 3 is 2.68 bits per heavy atom. The van der Waals surface area contributed by atoms with E-state index in [1.807, 2.05) is 0 Å². The van der Waals surface area contributed by atoms with E-state index >= 15 is 0 Å². The fourth-order valence-corrected chi connectivity index (χ4v) is 3.29. The molecule has 7 nitrogen and oxygen atoms in total. The Kier molecular flexibility index (Phi) is 5.32. The number of nitrogens with one attached hydrogen (secondary N) is 1. The zero-order valence-electron chi connectivity index (χ0n) is 10.3. The summed E-state index contributed by atoms with van der Waals surface area (Å²) in [6, 6.07) is -0.486. The van der Waals surface area contributed by atoms with Gasteiger partial charge in [0.2, 0.25) is 5.91 Å². The quantitative estimate of drug-likeness (QED) is 0.585. The molecular formula is C11H16N2O5S. The topological polar surface area (TPSA) is 104 Å². The van der Waals surface area contributed by atoms with E-state index in [2.05, 4.69) is 11.2 Å². The van der Waals surface area contributed by atoms with E-state index in [1.54, 1.807) is 0 Å². The van der Waals surface area contributed by atoms with Crippen LogP contribution in [0.3, 0.4) is 0 Å². The van der Waals surface area contributed by atoms with Gasteiger partial charge in [0.15, 0.2) is 9.84 Å². The Hall–Kier alpha value is -1.59. The van der Waals surface area contributed by atoms with Crippen molar-refractivity contribution < 1.29 is 23.1 Å². The fourth-order valence-electron chi connectivity index (χ4n) is 1.84. The Morgan fingerprint density at radius 1 is 1.47 bits per heavy atom. The molecule has 0 spiro atoms. The second kappa shape index (κ2) is 6.54. The normalized spacial score (nSPS) is 21.3. The minimum absolute atomic E-state index is 0.0564. The number of amides is 1. The number of aliphatic carboxylic acids is 1. The van der Waals surface area contributed by atoms with Crippen molar-refractivity contribution >= 4 is 21.7 Å². The third-order valence-electron chi connectivity index (χ3n) is 2.68. The summed E-state index contributed by atoms with van der Waals surface area (Å²) in [7, 11) is -3.13. The van der Waals surface area contributed by atoms with E-state index in [9.17, 15) is 18.0 Å². The Morgan fingerprint density at radius 2 is 2.16 bits per heavy atom. The standard InChI is InChI=1S/C11H16N2O5S/c1-2-4-13(7-11(15)16)10(14)6-9-8-19(17,18)5-3-12-9/h1,9,12H,3-8H2,(H,15,16). The molecule has 0 bridgehead atoms. The Labute approximate surface area is 111 Å². The highest BCUT2D eigenvalue weighted by Gasteiger charge is 2.28. The van der Waals surface area contributed by atoms with Crippen molar-refractivity contribution in [1.82, 2.24) is 10.2 Å². The van der Waals surface area contributed by atoms with Crippen molar-refractivity contribution in [2.45, 2.75) is 12.5 Å². The molecule has 1 rings (SSSR count). The molecule has 0 radical (unpaired) electrons. The highest BCUT2D eigenvalue weighted by molar-refractivity contribution is 7.91. The number of sulfone groups is 1. The minimum Gasteiger partial charge on any atom is -0.480 e. The molecular weight excluding hydrogens is 272 g/mol. The highest BCUT2D eigenvalue weighted by Crippen LogP contribution is 2.07. The van der Waals surface area contributed by atoms with Crippen LogP contribution in [-0.4, -0.2) is 67.5 Å². The first-order valence-electron chi connectivity index (χ1n) is 5.71. The lowest BCUT2D eigenvalue weighted by molar-refractivity contribution is -0.144. The lowest BCUT2D eigenvalue weighted by Gasteiger charge is -2.25. The number of rotatable bonds is 5. The van der Waals surface area contributed by atoms with Crippen molar-refractivity contribution in [1.29, 1.82) is 0 Å². The zero-order valence-corrected chi connectivity index (χ0v) is 11.1. The summed E-state index contributed by atoms with van der Waals surface area (Å²) in [6.07, 6.45) is 5.00. The van der Waals surface area contributed by atoms with Crippen LogP contribution in [0.2, 0.25) is 0 Å². The van der Waals surface area contributed by atoms with Crippen molar-refractivity contribution in [3.63, 3.8) is 0 Å². The molecule has 1 amide bonds. The molecule has 1 fully saturated rings. The zero-order chi connectivity index (χ0) is 14.5. The second-order valence-electron chi connectivity index (χ2n) is 4.32. The number of hydrogen-bond acceptors (Lipinski definition) is 5. The SMILES string of the molecule is C#CCN(CC(=O)O)C(=O)CC1CS(=O)(=O)CCN1. The van der Waals surface area contributed by atoms with Gasteiger partial charge in [0.25, 0.3) is 0 Å². The molecule has 1 aliphatic rings. The van der Waals surface area contributed by atoms with E-state index in [0.717, 1.165) is 4.90 Å². The third kappa shape index (κ3) is 5.28. The molecule has 1 atom stereocenters. The molecule has 0 aromatic carbocycles. The third-order valence-corrected chi connectivity index (χ3v) is 4.42. The first kappa shape index (κ1) is 15.5. The summed E-state index contributed by atoms with van der Waals surface area (Å²) >= 11 is 0. The maximum Gasteiger partial charge on any atom is 0.323 e. The van der Waals surface area contributed by atoms with Crippen LogP contribution in [0, 0.1) is 12.3 Å². The predicted octanol–water partition coefficient (Wildman–Crippen LogP) is -1.69. The van der Waals surface area contributed by atoms with Crippen LogP contribution in [0.5, 0.6) is 0 Å². The number of hydrogen-bond donors (Lipinski definition) is 2. The van der Waals surface area contributed by atoms with Crippen LogP contribution in [0.15, 0.2) is 0 Å². The maximum atomic E-state index is 11.9. The van der Waals surface area contributed by atoms with Crippen molar-refractivity contribution in [3.05, 3.63) is 0 Å². The summed E-state index contributed by atoms with van der Waals surface area (Å²) in [5.41, 5.74) is 0. The van der Waals surface area contributed by atoms with Gasteiger partial charge >= 0.3 is 5.97 Å². The summed E-state index contributed by atoms with van der Waals surface area (Å²) in [5, 5.41) is 11.6. The molecule has 106 valence electrons. The summed E-state index contributed by atoms with van der Waals surface area (Å²) in [5.74, 6) is 0.529. The van der Waals surface area contributed by atoms with Crippen LogP contribution in [-0.2, 0) is 19.4 Å². The molecule has 2 N–H and O–H groups in total. The smallest absolute Gasteiger partial charge is 0.323 e. The lowest BCUT2D eigenvalue weighted by Crippen LogP contribution is -2.48. The largest absolute Gasteiger partial charge is 0.480 e. The van der Waals surface area contributed by atoms with E-state index in [4.69, 9.17) is 11.5 Å². The van der Waals surface area contributed by atoms with E-state index < -0.39 is 34.3 Å². The molecule has 8 heteroatoms. The number of carboxylic acid groups (broad SMARTS) is 1. The second-order valence-corrected chi connectivity index (χ2v) is 6.55. The van der Waals surface area contributed by atoms with Gasteiger partial charge in [0, 0.05) is 19.0 Å². The van der Waals surface area contributed by atoms with Gasteiger partial charge in [-0.3, -0.25) is 9.59 Å². The van der Waals surface area contributed by atoms with Crippen LogP contribution >= 0.6 is 0 Å². The first-order valence-corrected chi connectivity index (χ1v) is 7.53. The monoisotopic (exact) mass is 288 g/mol. The molecule has 1 saturated heterocycles. The van der Waals surface area contributed by atoms with Crippen LogP contribution < -0.4 is 5.32 Å². The molecule has 19 heavy (non-hydrogen) atoms. The average molecular weight is 288 g/mol. The fraction of sp³-hybridized carbons (Fsp3) is 0.636. The Bertz CT molecular complexity index is 494. The number of nitrogens with zero attached hydrogens (tertiary/aromatic N) is 1. The van der Waals surface area contributed by atoms with Crippen LogP contribution in [0.4, 0.5) is 0 Å². The molecule has 0 aromatic heterocycles. The Balaban J connectivity index is 2.61. The summed E-state index contributed by atoms with van der Waals surface area (Å²) < 4.78 is 22.8. The average Bonchev–Trinajstić information content (AvgIpc) is 2.26. The van der Waals surface area contributed by atoms with Crippen molar-refractivity contribution in [2.24, 2.45) is 0 Å². The molecule has 1 heterocycles. The van der Waals surface area contributed by atoms with E-state index in [1.165, 1.54) is 0 Å². The molecule has 1 aliphatic heterocycles.